The molecule has 1 aliphatic rings. The predicted octanol–water partition coefficient (Wildman–Crippen LogP) is 1.32. The van der Waals surface area contributed by atoms with Crippen LogP contribution >= 0.6 is 0 Å². The zero-order valence-electron chi connectivity index (χ0n) is 9.89. The maximum atomic E-state index is 11.6. The van der Waals surface area contributed by atoms with Gasteiger partial charge in [0, 0.05) is 18.1 Å². The van der Waals surface area contributed by atoms with Gasteiger partial charge in [0.05, 0.1) is 5.52 Å². The van der Waals surface area contributed by atoms with E-state index < -0.39 is 0 Å². The molecule has 1 atom stereocenters. The zero-order valence-corrected chi connectivity index (χ0v) is 9.89. The summed E-state index contributed by atoms with van der Waals surface area (Å²) in [7, 11) is 0. The summed E-state index contributed by atoms with van der Waals surface area (Å²) in [6, 6.07) is 7.56. The number of carbonyl (C=O) groups excluding carboxylic acids is 1. The SMILES string of the molecule is O=C1NCCCC1Nc1ncc2ccccc2n1. The van der Waals surface area contributed by atoms with Crippen LogP contribution in [0.2, 0.25) is 0 Å². The minimum absolute atomic E-state index is 0.0259. The van der Waals surface area contributed by atoms with Crippen LogP contribution in [0.25, 0.3) is 10.9 Å². The van der Waals surface area contributed by atoms with Crippen molar-refractivity contribution in [2.75, 3.05) is 11.9 Å². The molecule has 5 heteroatoms. The molecule has 2 aromatic rings. The number of benzene rings is 1. The van der Waals surface area contributed by atoms with Gasteiger partial charge in [-0.2, -0.15) is 0 Å². The fraction of sp³-hybridized carbons (Fsp3) is 0.308. The highest BCUT2D eigenvalue weighted by atomic mass is 16.2. The van der Waals surface area contributed by atoms with Gasteiger partial charge < -0.3 is 10.6 Å². The van der Waals surface area contributed by atoms with Crippen LogP contribution in [0, 0.1) is 0 Å². The zero-order chi connectivity index (χ0) is 12.4. The van der Waals surface area contributed by atoms with Gasteiger partial charge in [0.1, 0.15) is 6.04 Å². The maximum Gasteiger partial charge on any atom is 0.242 e. The third-order valence-electron chi connectivity index (χ3n) is 3.08. The van der Waals surface area contributed by atoms with Crippen molar-refractivity contribution in [2.45, 2.75) is 18.9 Å². The van der Waals surface area contributed by atoms with E-state index in [1.165, 1.54) is 0 Å². The highest BCUT2D eigenvalue weighted by molar-refractivity contribution is 5.85. The predicted molar refractivity (Wildman–Crippen MR) is 69.2 cm³/mol. The molecule has 0 bridgehead atoms. The second-order valence-corrected chi connectivity index (χ2v) is 4.38. The number of nitrogens with one attached hydrogen (secondary N) is 2. The summed E-state index contributed by atoms with van der Waals surface area (Å²) >= 11 is 0. The summed E-state index contributed by atoms with van der Waals surface area (Å²) in [6.45, 7) is 0.760. The second kappa shape index (κ2) is 4.60. The van der Waals surface area contributed by atoms with Gasteiger partial charge in [0.2, 0.25) is 11.9 Å². The van der Waals surface area contributed by atoms with E-state index in [4.69, 9.17) is 0 Å². The van der Waals surface area contributed by atoms with E-state index in [0.717, 1.165) is 30.3 Å². The summed E-state index contributed by atoms with van der Waals surface area (Å²) in [5.41, 5.74) is 0.881. The number of fused-ring (bicyclic) bond motifs is 1. The lowest BCUT2D eigenvalue weighted by Crippen LogP contribution is -2.44. The third-order valence-corrected chi connectivity index (χ3v) is 3.08. The molecule has 1 aliphatic heterocycles. The van der Waals surface area contributed by atoms with Crippen LogP contribution in [0.4, 0.5) is 5.95 Å². The molecule has 1 unspecified atom stereocenters. The smallest absolute Gasteiger partial charge is 0.242 e. The van der Waals surface area contributed by atoms with Gasteiger partial charge in [-0.3, -0.25) is 4.79 Å². The van der Waals surface area contributed by atoms with Gasteiger partial charge >= 0.3 is 0 Å². The van der Waals surface area contributed by atoms with Crippen LogP contribution in [0.5, 0.6) is 0 Å². The molecule has 0 radical (unpaired) electrons. The van der Waals surface area contributed by atoms with Gasteiger partial charge in [-0.1, -0.05) is 18.2 Å². The van der Waals surface area contributed by atoms with E-state index in [0.29, 0.717) is 5.95 Å². The Morgan fingerprint density at radius 3 is 3.11 bits per heavy atom. The Kier molecular flexibility index (Phi) is 2.80. The quantitative estimate of drug-likeness (QED) is 0.833. The van der Waals surface area contributed by atoms with Crippen molar-refractivity contribution in [3.8, 4) is 0 Å². The first-order valence-electron chi connectivity index (χ1n) is 6.09. The highest BCUT2D eigenvalue weighted by Crippen LogP contribution is 2.14. The molecule has 0 spiro atoms. The van der Waals surface area contributed by atoms with Crippen LogP contribution in [0.15, 0.2) is 30.5 Å². The summed E-state index contributed by atoms with van der Waals surface area (Å²) in [5, 5.41) is 6.92. The topological polar surface area (TPSA) is 66.9 Å². The Labute approximate surface area is 105 Å². The number of aromatic nitrogens is 2. The number of hydrogen-bond acceptors (Lipinski definition) is 4. The number of hydrogen-bond donors (Lipinski definition) is 2. The van der Waals surface area contributed by atoms with Crippen molar-refractivity contribution >= 4 is 22.8 Å². The van der Waals surface area contributed by atoms with Crippen LogP contribution in [0.3, 0.4) is 0 Å². The number of piperidine rings is 1. The molecule has 1 saturated heterocycles. The van der Waals surface area contributed by atoms with Gasteiger partial charge in [0.25, 0.3) is 0 Å². The minimum Gasteiger partial charge on any atom is -0.354 e. The fourth-order valence-corrected chi connectivity index (χ4v) is 2.11. The lowest BCUT2D eigenvalue weighted by Gasteiger charge is -2.22. The van der Waals surface area contributed by atoms with E-state index in [1.54, 1.807) is 6.20 Å². The van der Waals surface area contributed by atoms with Crippen molar-refractivity contribution in [3.05, 3.63) is 30.5 Å². The normalized spacial score (nSPS) is 19.6. The second-order valence-electron chi connectivity index (χ2n) is 4.38. The summed E-state index contributed by atoms with van der Waals surface area (Å²) in [4.78, 5) is 20.3. The fourth-order valence-electron chi connectivity index (χ4n) is 2.11. The van der Waals surface area contributed by atoms with Crippen LogP contribution in [-0.4, -0.2) is 28.5 Å². The van der Waals surface area contributed by atoms with E-state index in [1.807, 2.05) is 24.3 Å². The van der Waals surface area contributed by atoms with Gasteiger partial charge in [-0.05, 0) is 18.9 Å². The average Bonchev–Trinajstić information content (AvgIpc) is 2.41. The monoisotopic (exact) mass is 242 g/mol. The molecule has 0 saturated carbocycles. The number of anilines is 1. The molecule has 1 fully saturated rings. The lowest BCUT2D eigenvalue weighted by atomic mass is 10.1. The van der Waals surface area contributed by atoms with Crippen molar-refractivity contribution in [1.29, 1.82) is 0 Å². The molecule has 1 aromatic heterocycles. The molecular formula is C13H14N4O. The van der Waals surface area contributed by atoms with E-state index >= 15 is 0 Å². The van der Waals surface area contributed by atoms with Gasteiger partial charge in [-0.25, -0.2) is 9.97 Å². The van der Waals surface area contributed by atoms with Crippen LogP contribution < -0.4 is 10.6 Å². The molecule has 18 heavy (non-hydrogen) atoms. The molecule has 0 aliphatic carbocycles. The Hall–Kier alpha value is -2.17. The number of para-hydroxylation sites is 1. The minimum atomic E-state index is -0.222. The average molecular weight is 242 g/mol. The molecule has 2 heterocycles. The van der Waals surface area contributed by atoms with Crippen molar-refractivity contribution < 1.29 is 4.79 Å². The van der Waals surface area contributed by atoms with E-state index in [-0.39, 0.29) is 11.9 Å². The summed E-state index contributed by atoms with van der Waals surface area (Å²) in [6.07, 6.45) is 3.57. The number of amides is 1. The summed E-state index contributed by atoms with van der Waals surface area (Å²) < 4.78 is 0. The Bertz CT molecular complexity index is 584. The molecule has 1 amide bonds. The molecular weight excluding hydrogens is 228 g/mol. The maximum absolute atomic E-state index is 11.6. The van der Waals surface area contributed by atoms with Crippen LogP contribution in [-0.2, 0) is 4.79 Å². The first-order chi connectivity index (χ1) is 8.83. The van der Waals surface area contributed by atoms with Gasteiger partial charge in [-0.15, -0.1) is 0 Å². The highest BCUT2D eigenvalue weighted by Gasteiger charge is 2.22. The van der Waals surface area contributed by atoms with Crippen LogP contribution in [0.1, 0.15) is 12.8 Å². The number of rotatable bonds is 2. The first kappa shape index (κ1) is 11.0. The molecule has 92 valence electrons. The third kappa shape index (κ3) is 2.11. The van der Waals surface area contributed by atoms with E-state index in [9.17, 15) is 4.79 Å². The molecule has 3 rings (SSSR count). The standard InChI is InChI=1S/C13H14N4O/c18-12-11(6-3-7-14-12)17-13-15-8-9-4-1-2-5-10(9)16-13/h1-2,4-5,8,11H,3,6-7H2,(H,14,18)(H,15,16,17). The van der Waals surface area contributed by atoms with Crippen molar-refractivity contribution in [2.24, 2.45) is 0 Å². The molecule has 5 nitrogen and oxygen atoms in total. The van der Waals surface area contributed by atoms with E-state index in [2.05, 4.69) is 20.6 Å². The Morgan fingerprint density at radius 1 is 1.33 bits per heavy atom. The lowest BCUT2D eigenvalue weighted by molar-refractivity contribution is -0.123. The largest absolute Gasteiger partial charge is 0.354 e. The Morgan fingerprint density at radius 2 is 2.22 bits per heavy atom. The Balaban J connectivity index is 1.83. The molecule has 1 aromatic carbocycles. The van der Waals surface area contributed by atoms with Gasteiger partial charge in [0.15, 0.2) is 0 Å². The van der Waals surface area contributed by atoms with Crippen molar-refractivity contribution in [1.82, 2.24) is 15.3 Å². The summed E-state index contributed by atoms with van der Waals surface area (Å²) in [5.74, 6) is 0.536. The number of carbonyl (C=O) groups is 1. The number of nitrogens with zero attached hydrogens (tertiary/aromatic N) is 2. The molecule has 2 N–H and O–H groups in total. The first-order valence-corrected chi connectivity index (χ1v) is 6.09. The van der Waals surface area contributed by atoms with Crippen molar-refractivity contribution in [3.63, 3.8) is 0 Å².